The first-order valence-corrected chi connectivity index (χ1v) is 12.2. The third-order valence-electron chi connectivity index (χ3n) is 6.26. The highest BCUT2D eigenvalue weighted by atomic mass is 16.5. The number of ether oxygens (including phenoxy) is 2. The van der Waals surface area contributed by atoms with Gasteiger partial charge in [-0.25, -0.2) is 0 Å². The zero-order valence-corrected chi connectivity index (χ0v) is 20.3. The SMILES string of the molecule is CCCOc1ccccc1-c1c2c(c(-c3ccccc3OCCC)c3ccccc13)C(=O)N(O)C2=O. The topological polar surface area (TPSA) is 76.1 Å². The van der Waals surface area contributed by atoms with Gasteiger partial charge in [-0.2, -0.15) is 0 Å². The van der Waals surface area contributed by atoms with Crippen LogP contribution in [0.4, 0.5) is 0 Å². The van der Waals surface area contributed by atoms with Crippen LogP contribution in [0.5, 0.6) is 11.5 Å². The molecule has 0 unspecified atom stereocenters. The highest BCUT2D eigenvalue weighted by Gasteiger charge is 2.42. The Morgan fingerprint density at radius 2 is 1.00 bits per heavy atom. The van der Waals surface area contributed by atoms with Gasteiger partial charge in [-0.1, -0.05) is 74.5 Å². The molecular weight excluding hydrogens is 454 g/mol. The van der Waals surface area contributed by atoms with E-state index >= 15 is 0 Å². The number of amides is 2. The number of para-hydroxylation sites is 2. The minimum atomic E-state index is -0.755. The van der Waals surface area contributed by atoms with Crippen molar-refractivity contribution in [1.29, 1.82) is 0 Å². The van der Waals surface area contributed by atoms with Gasteiger partial charge in [0.05, 0.1) is 24.3 Å². The Kier molecular flexibility index (Phi) is 6.44. The molecule has 6 nitrogen and oxygen atoms in total. The van der Waals surface area contributed by atoms with E-state index in [1.54, 1.807) is 0 Å². The Morgan fingerprint density at radius 3 is 1.42 bits per heavy atom. The molecule has 2 amide bonds. The summed E-state index contributed by atoms with van der Waals surface area (Å²) in [5.41, 5.74) is 2.84. The van der Waals surface area contributed by atoms with Crippen LogP contribution >= 0.6 is 0 Å². The second-order valence-electron chi connectivity index (χ2n) is 8.66. The van der Waals surface area contributed by atoms with Crippen molar-refractivity contribution in [2.45, 2.75) is 26.7 Å². The van der Waals surface area contributed by atoms with Gasteiger partial charge in [-0.15, -0.1) is 5.06 Å². The predicted octanol–water partition coefficient (Wildman–Crippen LogP) is 6.74. The van der Waals surface area contributed by atoms with Crippen LogP contribution in [0.1, 0.15) is 47.4 Å². The van der Waals surface area contributed by atoms with Gasteiger partial charge < -0.3 is 9.47 Å². The molecule has 182 valence electrons. The minimum absolute atomic E-state index is 0.161. The predicted molar refractivity (Wildman–Crippen MR) is 139 cm³/mol. The van der Waals surface area contributed by atoms with Crippen LogP contribution < -0.4 is 9.47 Å². The van der Waals surface area contributed by atoms with Crippen LogP contribution in [0.25, 0.3) is 33.0 Å². The molecule has 0 spiro atoms. The summed E-state index contributed by atoms with van der Waals surface area (Å²) in [4.78, 5) is 26.8. The first-order chi connectivity index (χ1) is 17.6. The number of nitrogens with zero attached hydrogens (tertiary/aromatic N) is 1. The van der Waals surface area contributed by atoms with Crippen molar-refractivity contribution in [2.24, 2.45) is 0 Å². The third-order valence-corrected chi connectivity index (χ3v) is 6.26. The van der Waals surface area contributed by atoms with E-state index in [-0.39, 0.29) is 16.2 Å². The first kappa shape index (κ1) is 23.6. The van der Waals surface area contributed by atoms with Crippen molar-refractivity contribution in [3.8, 4) is 33.8 Å². The fourth-order valence-corrected chi connectivity index (χ4v) is 4.75. The average Bonchev–Trinajstić information content (AvgIpc) is 3.14. The van der Waals surface area contributed by atoms with Crippen LogP contribution in [-0.2, 0) is 0 Å². The lowest BCUT2D eigenvalue weighted by atomic mass is 9.84. The van der Waals surface area contributed by atoms with E-state index in [0.717, 1.165) is 23.6 Å². The molecule has 1 aliphatic heterocycles. The Hall–Kier alpha value is -4.16. The summed E-state index contributed by atoms with van der Waals surface area (Å²) in [6.07, 6.45) is 1.64. The maximum atomic E-state index is 13.4. The Morgan fingerprint density at radius 1 is 0.611 bits per heavy atom. The molecular formula is C30H27NO5. The lowest BCUT2D eigenvalue weighted by Gasteiger charge is -2.20. The van der Waals surface area contributed by atoms with E-state index in [4.69, 9.17) is 9.47 Å². The summed E-state index contributed by atoms with van der Waals surface area (Å²) < 4.78 is 12.0. The zero-order valence-electron chi connectivity index (χ0n) is 20.3. The van der Waals surface area contributed by atoms with Gasteiger partial charge in [-0.3, -0.25) is 14.8 Å². The molecule has 1 N–H and O–H groups in total. The standard InChI is InChI=1S/C30H27NO5/c1-3-17-35-23-15-9-7-13-21(23)25-19-11-5-6-12-20(19)26(28-27(25)29(32)31(34)30(28)33)22-14-8-10-16-24(22)36-18-4-2/h5-16,34H,3-4,17-18H2,1-2H3. The molecule has 0 radical (unpaired) electrons. The molecule has 0 bridgehead atoms. The van der Waals surface area contributed by atoms with Gasteiger partial charge in [0.25, 0.3) is 11.8 Å². The minimum Gasteiger partial charge on any atom is -0.493 e. The molecule has 0 saturated carbocycles. The third kappa shape index (κ3) is 3.80. The lowest BCUT2D eigenvalue weighted by Crippen LogP contribution is -2.25. The summed E-state index contributed by atoms with van der Waals surface area (Å²) >= 11 is 0. The second kappa shape index (κ2) is 9.84. The quantitative estimate of drug-likeness (QED) is 0.223. The van der Waals surface area contributed by atoms with Crippen LogP contribution in [0.2, 0.25) is 0 Å². The van der Waals surface area contributed by atoms with E-state index in [1.807, 2.05) is 86.6 Å². The number of carbonyl (C=O) groups excluding carboxylic acids is 2. The van der Waals surface area contributed by atoms with Crippen molar-refractivity contribution < 1.29 is 24.3 Å². The number of carbonyl (C=O) groups is 2. The summed E-state index contributed by atoms with van der Waals surface area (Å²) in [5, 5.41) is 12.3. The monoisotopic (exact) mass is 481 g/mol. The van der Waals surface area contributed by atoms with Crippen molar-refractivity contribution in [3.05, 3.63) is 83.9 Å². The largest absolute Gasteiger partial charge is 0.493 e. The Bertz CT molecular complexity index is 1370. The Balaban J connectivity index is 1.91. The smallest absolute Gasteiger partial charge is 0.286 e. The lowest BCUT2D eigenvalue weighted by molar-refractivity contribution is -0.0326. The summed E-state index contributed by atoms with van der Waals surface area (Å²) in [5.74, 6) is -0.283. The van der Waals surface area contributed by atoms with Crippen LogP contribution in [-0.4, -0.2) is 35.3 Å². The van der Waals surface area contributed by atoms with Crippen LogP contribution in [0.3, 0.4) is 0 Å². The number of rotatable bonds is 8. The molecule has 5 rings (SSSR count). The first-order valence-electron chi connectivity index (χ1n) is 12.2. The molecule has 0 aliphatic carbocycles. The van der Waals surface area contributed by atoms with E-state index in [0.29, 0.717) is 47.0 Å². The number of benzene rings is 4. The molecule has 0 saturated heterocycles. The molecule has 4 aromatic rings. The van der Waals surface area contributed by atoms with Gasteiger partial charge in [0.1, 0.15) is 11.5 Å². The summed E-state index contributed by atoms with van der Waals surface area (Å²) in [7, 11) is 0. The Labute approximate surface area is 209 Å². The maximum Gasteiger partial charge on any atom is 0.286 e. The molecule has 1 aliphatic rings. The van der Waals surface area contributed by atoms with Crippen molar-refractivity contribution >= 4 is 22.6 Å². The van der Waals surface area contributed by atoms with Gasteiger partial charge in [0.2, 0.25) is 0 Å². The maximum absolute atomic E-state index is 13.4. The molecule has 0 fully saturated rings. The fourth-order valence-electron chi connectivity index (χ4n) is 4.75. The van der Waals surface area contributed by atoms with Crippen molar-refractivity contribution in [3.63, 3.8) is 0 Å². The van der Waals surface area contributed by atoms with Gasteiger partial charge in [0, 0.05) is 22.3 Å². The number of hydrogen-bond donors (Lipinski definition) is 1. The number of hydroxylamine groups is 2. The normalized spacial score (nSPS) is 12.8. The van der Waals surface area contributed by atoms with Gasteiger partial charge in [-0.05, 0) is 35.7 Å². The molecule has 1 heterocycles. The van der Waals surface area contributed by atoms with Crippen LogP contribution in [0.15, 0.2) is 72.8 Å². The number of imide groups is 1. The summed E-state index contributed by atoms with van der Waals surface area (Å²) in [6, 6.07) is 22.6. The van der Waals surface area contributed by atoms with Crippen LogP contribution in [0, 0.1) is 0 Å². The van der Waals surface area contributed by atoms with E-state index in [9.17, 15) is 14.8 Å². The fraction of sp³-hybridized carbons (Fsp3) is 0.200. The molecule has 0 aromatic heterocycles. The van der Waals surface area contributed by atoms with Crippen molar-refractivity contribution in [2.75, 3.05) is 13.2 Å². The average molecular weight is 482 g/mol. The highest BCUT2D eigenvalue weighted by Crippen LogP contribution is 2.48. The molecule has 6 heteroatoms. The van der Waals surface area contributed by atoms with Gasteiger partial charge >= 0.3 is 0 Å². The van der Waals surface area contributed by atoms with Gasteiger partial charge in [0.15, 0.2) is 0 Å². The molecule has 0 atom stereocenters. The van der Waals surface area contributed by atoms with E-state index < -0.39 is 11.8 Å². The van der Waals surface area contributed by atoms with Crippen molar-refractivity contribution in [1.82, 2.24) is 5.06 Å². The molecule has 4 aromatic carbocycles. The zero-order chi connectivity index (χ0) is 25.2. The summed E-state index contributed by atoms with van der Waals surface area (Å²) in [6.45, 7) is 5.06. The van der Waals surface area contributed by atoms with E-state index in [2.05, 4.69) is 0 Å². The number of fused-ring (bicyclic) bond motifs is 2. The molecule has 36 heavy (non-hydrogen) atoms. The second-order valence-corrected chi connectivity index (χ2v) is 8.66. The highest BCUT2D eigenvalue weighted by molar-refractivity contribution is 6.31. The number of hydrogen-bond acceptors (Lipinski definition) is 5. The van der Waals surface area contributed by atoms with E-state index in [1.165, 1.54) is 0 Å².